The van der Waals surface area contributed by atoms with Gasteiger partial charge in [-0.3, -0.25) is 9.59 Å². The minimum atomic E-state index is -0.327. The highest BCUT2D eigenvalue weighted by Crippen LogP contribution is 2.30. The lowest BCUT2D eigenvalue weighted by molar-refractivity contribution is -0.129. The van der Waals surface area contributed by atoms with Crippen molar-refractivity contribution in [3.05, 3.63) is 64.1 Å². The van der Waals surface area contributed by atoms with Crippen molar-refractivity contribution in [2.24, 2.45) is 5.92 Å². The normalized spacial score (nSPS) is 18.3. The van der Waals surface area contributed by atoms with E-state index < -0.39 is 0 Å². The van der Waals surface area contributed by atoms with E-state index in [0.29, 0.717) is 6.54 Å². The molecule has 5 heteroatoms. The van der Waals surface area contributed by atoms with Gasteiger partial charge in [0.15, 0.2) is 0 Å². The molecule has 25 heavy (non-hydrogen) atoms. The van der Waals surface area contributed by atoms with Crippen LogP contribution in [0.2, 0.25) is 0 Å². The summed E-state index contributed by atoms with van der Waals surface area (Å²) in [5, 5.41) is 2.93. The van der Waals surface area contributed by atoms with E-state index in [0.717, 1.165) is 21.3 Å². The summed E-state index contributed by atoms with van der Waals surface area (Å²) in [4.78, 5) is 26.8. The lowest BCUT2D eigenvalue weighted by Crippen LogP contribution is -2.30. The Morgan fingerprint density at radius 2 is 1.96 bits per heavy atom. The van der Waals surface area contributed by atoms with Gasteiger partial charge in [-0.15, -0.1) is 0 Å². The van der Waals surface area contributed by atoms with Crippen LogP contribution in [0.15, 0.2) is 53.0 Å². The maximum atomic E-state index is 12.6. The summed E-state index contributed by atoms with van der Waals surface area (Å²) >= 11 is 3.47. The first-order chi connectivity index (χ1) is 12.0. The highest BCUT2D eigenvalue weighted by Gasteiger charge is 2.37. The summed E-state index contributed by atoms with van der Waals surface area (Å²) in [6.45, 7) is 4.45. The van der Waals surface area contributed by atoms with Crippen molar-refractivity contribution in [1.29, 1.82) is 0 Å². The zero-order valence-electron chi connectivity index (χ0n) is 14.3. The standard InChI is InChI=1S/C20H21BrN2O2/c1-13-8-9-18(17(21)10-13)22-20(25)16-11-19(24)23(12-16)14(2)15-6-4-3-5-7-15/h3-10,14,16H,11-12H2,1-2H3,(H,22,25)/t14-,16+/m0/s1. The molecule has 0 spiro atoms. The van der Waals surface area contributed by atoms with Crippen LogP contribution in [0.1, 0.15) is 30.5 Å². The first kappa shape index (κ1) is 17.7. The highest BCUT2D eigenvalue weighted by atomic mass is 79.9. The first-order valence-corrected chi connectivity index (χ1v) is 9.16. The van der Waals surface area contributed by atoms with Crippen LogP contribution in [-0.4, -0.2) is 23.3 Å². The molecule has 2 aromatic rings. The summed E-state index contributed by atoms with van der Waals surface area (Å²) in [6, 6.07) is 15.7. The van der Waals surface area contributed by atoms with Crippen LogP contribution in [0.5, 0.6) is 0 Å². The fourth-order valence-corrected chi connectivity index (χ4v) is 3.74. The van der Waals surface area contributed by atoms with Crippen molar-refractivity contribution in [2.45, 2.75) is 26.3 Å². The number of nitrogens with one attached hydrogen (secondary N) is 1. The van der Waals surface area contributed by atoms with Gasteiger partial charge in [-0.1, -0.05) is 36.4 Å². The molecule has 0 radical (unpaired) electrons. The molecule has 130 valence electrons. The fourth-order valence-electron chi connectivity index (χ4n) is 3.15. The minimum absolute atomic E-state index is 0.0273. The molecule has 0 aliphatic carbocycles. The van der Waals surface area contributed by atoms with Crippen molar-refractivity contribution in [3.63, 3.8) is 0 Å². The number of hydrogen-bond acceptors (Lipinski definition) is 2. The van der Waals surface area contributed by atoms with Crippen LogP contribution in [0.25, 0.3) is 0 Å². The molecule has 0 saturated carbocycles. The molecule has 2 atom stereocenters. The molecule has 1 heterocycles. The van der Waals surface area contributed by atoms with E-state index >= 15 is 0 Å². The zero-order valence-corrected chi connectivity index (χ0v) is 15.9. The second-order valence-corrected chi connectivity index (χ2v) is 7.36. The second kappa shape index (κ2) is 7.40. The summed E-state index contributed by atoms with van der Waals surface area (Å²) in [5.74, 6) is -0.410. The number of halogens is 1. The first-order valence-electron chi connectivity index (χ1n) is 8.37. The second-order valence-electron chi connectivity index (χ2n) is 6.51. The number of aryl methyl sites for hydroxylation is 1. The molecule has 1 N–H and O–H groups in total. The monoisotopic (exact) mass is 400 g/mol. The number of likely N-dealkylation sites (tertiary alicyclic amines) is 1. The average Bonchev–Trinajstić information content (AvgIpc) is 2.99. The summed E-state index contributed by atoms with van der Waals surface area (Å²) in [7, 11) is 0. The molecule has 1 aliphatic heterocycles. The van der Waals surface area contributed by atoms with Crippen molar-refractivity contribution in [3.8, 4) is 0 Å². The number of anilines is 1. The van der Waals surface area contributed by atoms with E-state index in [1.807, 2.05) is 62.4 Å². The molecule has 0 aromatic heterocycles. The highest BCUT2D eigenvalue weighted by molar-refractivity contribution is 9.10. The number of hydrogen-bond donors (Lipinski definition) is 1. The Morgan fingerprint density at radius 3 is 2.64 bits per heavy atom. The molecule has 1 aliphatic rings. The summed E-state index contributed by atoms with van der Waals surface area (Å²) in [6.07, 6.45) is 0.256. The number of carbonyl (C=O) groups is 2. The SMILES string of the molecule is Cc1ccc(NC(=O)[C@@H]2CC(=O)N([C@@H](C)c3ccccc3)C2)c(Br)c1. The summed E-state index contributed by atoms with van der Waals surface area (Å²) < 4.78 is 0.847. The van der Waals surface area contributed by atoms with Gasteiger partial charge in [-0.25, -0.2) is 0 Å². The number of carbonyl (C=O) groups excluding carboxylic acids is 2. The summed E-state index contributed by atoms with van der Waals surface area (Å²) in [5.41, 5.74) is 2.93. The molecule has 1 saturated heterocycles. The quantitative estimate of drug-likeness (QED) is 0.830. The molecule has 0 bridgehead atoms. The Bertz CT molecular complexity index is 792. The van der Waals surface area contributed by atoms with E-state index in [1.54, 1.807) is 4.90 Å². The van der Waals surface area contributed by atoms with E-state index in [2.05, 4.69) is 21.2 Å². The maximum Gasteiger partial charge on any atom is 0.229 e. The molecule has 1 fully saturated rings. The Balaban J connectivity index is 1.68. The topological polar surface area (TPSA) is 49.4 Å². The largest absolute Gasteiger partial charge is 0.335 e. The predicted octanol–water partition coefficient (Wildman–Crippen LogP) is 4.31. The third kappa shape index (κ3) is 3.93. The van der Waals surface area contributed by atoms with Crippen LogP contribution in [0.4, 0.5) is 5.69 Å². The zero-order chi connectivity index (χ0) is 18.0. The van der Waals surface area contributed by atoms with E-state index in [4.69, 9.17) is 0 Å². The predicted molar refractivity (Wildman–Crippen MR) is 102 cm³/mol. The number of benzene rings is 2. The van der Waals surface area contributed by atoms with Gasteiger partial charge in [0.2, 0.25) is 11.8 Å². The molecule has 2 aromatic carbocycles. The number of rotatable bonds is 4. The van der Waals surface area contributed by atoms with Crippen LogP contribution in [0.3, 0.4) is 0 Å². The average molecular weight is 401 g/mol. The van der Waals surface area contributed by atoms with Gasteiger partial charge in [0.05, 0.1) is 17.6 Å². The maximum absolute atomic E-state index is 12.6. The Morgan fingerprint density at radius 1 is 1.24 bits per heavy atom. The van der Waals surface area contributed by atoms with Crippen LogP contribution >= 0.6 is 15.9 Å². The Hall–Kier alpha value is -2.14. The third-order valence-corrected chi connectivity index (χ3v) is 5.32. The van der Waals surface area contributed by atoms with Gasteiger partial charge in [0.25, 0.3) is 0 Å². The van der Waals surface area contributed by atoms with E-state index in [9.17, 15) is 9.59 Å². The molecule has 3 rings (SSSR count). The Labute approximate surface area is 156 Å². The van der Waals surface area contributed by atoms with Gasteiger partial charge in [-0.05, 0) is 53.0 Å². The van der Waals surface area contributed by atoms with Crippen molar-refractivity contribution in [1.82, 2.24) is 4.90 Å². The van der Waals surface area contributed by atoms with Gasteiger partial charge >= 0.3 is 0 Å². The molecule has 2 amide bonds. The van der Waals surface area contributed by atoms with Gasteiger partial charge in [0, 0.05) is 17.4 Å². The van der Waals surface area contributed by atoms with E-state index in [1.165, 1.54) is 0 Å². The fraction of sp³-hybridized carbons (Fsp3) is 0.300. The molecular formula is C20H21BrN2O2. The number of nitrogens with zero attached hydrogens (tertiary/aromatic N) is 1. The van der Waals surface area contributed by atoms with Crippen molar-refractivity contribution >= 4 is 33.4 Å². The smallest absolute Gasteiger partial charge is 0.229 e. The van der Waals surface area contributed by atoms with Crippen LogP contribution < -0.4 is 5.32 Å². The third-order valence-electron chi connectivity index (χ3n) is 4.66. The lowest BCUT2D eigenvalue weighted by Gasteiger charge is -2.25. The Kier molecular flexibility index (Phi) is 5.23. The van der Waals surface area contributed by atoms with Gasteiger partial charge in [-0.2, -0.15) is 0 Å². The van der Waals surface area contributed by atoms with Crippen LogP contribution in [-0.2, 0) is 9.59 Å². The van der Waals surface area contributed by atoms with Crippen LogP contribution in [0, 0.1) is 12.8 Å². The van der Waals surface area contributed by atoms with Gasteiger partial charge in [0.1, 0.15) is 0 Å². The molecule has 0 unspecified atom stereocenters. The van der Waals surface area contributed by atoms with Crippen molar-refractivity contribution in [2.75, 3.05) is 11.9 Å². The lowest BCUT2D eigenvalue weighted by atomic mass is 10.1. The number of amides is 2. The van der Waals surface area contributed by atoms with Crippen molar-refractivity contribution < 1.29 is 9.59 Å². The van der Waals surface area contributed by atoms with Gasteiger partial charge < -0.3 is 10.2 Å². The van der Waals surface area contributed by atoms with E-state index in [-0.39, 0.29) is 30.2 Å². The minimum Gasteiger partial charge on any atom is -0.335 e. The molecular weight excluding hydrogens is 380 g/mol. The molecule has 4 nitrogen and oxygen atoms in total.